The number of nitrogens with one attached hydrogen (secondary N) is 2. The predicted octanol–water partition coefficient (Wildman–Crippen LogP) is 3.69. The molecule has 128 valence electrons. The number of urea groups is 1. The lowest BCUT2D eigenvalue weighted by molar-refractivity contribution is 0.149. The largest absolute Gasteiger partial charge is 0.331 e. The lowest BCUT2D eigenvalue weighted by Crippen LogP contribution is -2.45. The lowest BCUT2D eigenvalue weighted by Gasteiger charge is -2.36. The molecule has 2 heterocycles. The summed E-state index contributed by atoms with van der Waals surface area (Å²) in [7, 11) is 0. The summed E-state index contributed by atoms with van der Waals surface area (Å²) >= 11 is 0. The van der Waals surface area contributed by atoms with Gasteiger partial charge in [0.2, 0.25) is 0 Å². The van der Waals surface area contributed by atoms with E-state index in [-0.39, 0.29) is 17.6 Å². The number of carbonyl (C=O) groups excluding carboxylic acids is 1. The number of hydrogen-bond donors (Lipinski definition) is 2. The normalized spacial score (nSPS) is 19.1. The lowest BCUT2D eigenvalue weighted by atomic mass is 9.98. The molecule has 0 unspecified atom stereocenters. The Balaban J connectivity index is 1.74. The Morgan fingerprint density at radius 3 is 3.00 bits per heavy atom. The maximum absolute atomic E-state index is 13.9. The summed E-state index contributed by atoms with van der Waals surface area (Å²) in [5.74, 6) is -1.84. The van der Waals surface area contributed by atoms with Gasteiger partial charge in [-0.3, -0.25) is 5.10 Å². The Morgan fingerprint density at radius 1 is 1.42 bits per heavy atom. The van der Waals surface area contributed by atoms with E-state index < -0.39 is 17.7 Å². The zero-order chi connectivity index (χ0) is 17.1. The third-order valence-corrected chi connectivity index (χ3v) is 4.46. The first-order valence-electron chi connectivity index (χ1n) is 8.07. The Labute approximate surface area is 139 Å². The summed E-state index contributed by atoms with van der Waals surface area (Å²) in [6.07, 6.45) is 6.31. The van der Waals surface area contributed by atoms with E-state index in [1.165, 1.54) is 12.1 Å². The highest BCUT2D eigenvalue weighted by Crippen LogP contribution is 2.30. The molecule has 1 fully saturated rings. The van der Waals surface area contributed by atoms with Crippen LogP contribution in [0.1, 0.15) is 49.4 Å². The van der Waals surface area contributed by atoms with E-state index in [9.17, 15) is 13.6 Å². The van der Waals surface area contributed by atoms with E-state index in [0.29, 0.717) is 6.54 Å². The molecule has 1 aromatic carbocycles. The minimum atomic E-state index is -0.921. The van der Waals surface area contributed by atoms with Crippen LogP contribution in [0.2, 0.25) is 0 Å². The second-order valence-corrected chi connectivity index (χ2v) is 6.05. The van der Waals surface area contributed by atoms with Gasteiger partial charge in [0.25, 0.3) is 0 Å². The van der Waals surface area contributed by atoms with Crippen molar-refractivity contribution in [1.29, 1.82) is 0 Å². The standard InChI is InChI=1S/C17H20F2N4O/c1-11(13-5-4-6-14(18)16(13)19)22-17(24)23-8-3-2-7-15(23)12-9-20-21-10-12/h4-6,9-11,15H,2-3,7-8H2,1H3,(H,20,21)(H,22,24)/t11-,15-/m0/s1. The summed E-state index contributed by atoms with van der Waals surface area (Å²) in [6.45, 7) is 2.27. The van der Waals surface area contributed by atoms with Crippen LogP contribution >= 0.6 is 0 Å². The van der Waals surface area contributed by atoms with E-state index in [1.54, 1.807) is 24.2 Å². The molecule has 0 radical (unpaired) electrons. The number of halogens is 2. The minimum Gasteiger partial charge on any atom is -0.331 e. The van der Waals surface area contributed by atoms with Crippen molar-refractivity contribution in [2.45, 2.75) is 38.3 Å². The third-order valence-electron chi connectivity index (χ3n) is 4.46. The van der Waals surface area contributed by atoms with Gasteiger partial charge in [-0.2, -0.15) is 5.10 Å². The van der Waals surface area contributed by atoms with Crippen LogP contribution in [0.25, 0.3) is 0 Å². The van der Waals surface area contributed by atoms with Crippen LogP contribution in [0.3, 0.4) is 0 Å². The third kappa shape index (κ3) is 3.25. The van der Waals surface area contributed by atoms with Crippen molar-refractivity contribution in [2.24, 2.45) is 0 Å². The Hall–Kier alpha value is -2.44. The topological polar surface area (TPSA) is 61.0 Å². The molecule has 2 atom stereocenters. The number of hydrogen-bond acceptors (Lipinski definition) is 2. The van der Waals surface area contributed by atoms with Crippen LogP contribution in [-0.2, 0) is 0 Å². The molecule has 1 saturated heterocycles. The number of amides is 2. The number of rotatable bonds is 3. The molecule has 1 aliphatic heterocycles. The number of nitrogens with zero attached hydrogens (tertiary/aromatic N) is 2. The SMILES string of the molecule is C[C@H](NC(=O)N1CCCC[C@H]1c1cn[nH]c1)c1cccc(F)c1F. The quantitative estimate of drug-likeness (QED) is 0.899. The monoisotopic (exact) mass is 334 g/mol. The molecule has 0 aliphatic carbocycles. The van der Waals surface area contributed by atoms with Crippen LogP contribution in [0.4, 0.5) is 13.6 Å². The Bertz CT molecular complexity index is 705. The molecule has 2 aromatic rings. The number of carbonyl (C=O) groups is 1. The fourth-order valence-corrected chi connectivity index (χ4v) is 3.17. The van der Waals surface area contributed by atoms with Crippen LogP contribution in [0.15, 0.2) is 30.6 Å². The van der Waals surface area contributed by atoms with Crippen LogP contribution in [0, 0.1) is 11.6 Å². The smallest absolute Gasteiger partial charge is 0.318 e. The van der Waals surface area contributed by atoms with E-state index in [4.69, 9.17) is 0 Å². The summed E-state index contributed by atoms with van der Waals surface area (Å²) in [4.78, 5) is 14.4. The Morgan fingerprint density at radius 2 is 2.25 bits per heavy atom. The van der Waals surface area contributed by atoms with Crippen molar-refractivity contribution in [3.63, 3.8) is 0 Å². The molecule has 2 N–H and O–H groups in total. The van der Waals surface area contributed by atoms with Crippen LogP contribution in [0.5, 0.6) is 0 Å². The molecule has 24 heavy (non-hydrogen) atoms. The van der Waals surface area contributed by atoms with Crippen LogP contribution in [-0.4, -0.2) is 27.7 Å². The molecule has 0 saturated carbocycles. The number of H-pyrrole nitrogens is 1. The first kappa shape index (κ1) is 16.4. The molecule has 1 aromatic heterocycles. The second-order valence-electron chi connectivity index (χ2n) is 6.05. The predicted molar refractivity (Wildman–Crippen MR) is 85.2 cm³/mol. The second kappa shape index (κ2) is 6.98. The zero-order valence-corrected chi connectivity index (χ0v) is 13.4. The zero-order valence-electron chi connectivity index (χ0n) is 13.4. The number of piperidine rings is 1. The van der Waals surface area contributed by atoms with Gasteiger partial charge in [0, 0.05) is 23.9 Å². The Kier molecular flexibility index (Phi) is 4.78. The molecule has 1 aliphatic rings. The maximum atomic E-state index is 13.9. The van der Waals surface area contributed by atoms with Gasteiger partial charge < -0.3 is 10.2 Å². The molecule has 2 amide bonds. The van der Waals surface area contributed by atoms with Crippen LogP contribution < -0.4 is 5.32 Å². The van der Waals surface area contributed by atoms with E-state index in [1.807, 2.05) is 0 Å². The van der Waals surface area contributed by atoms with Crippen molar-refractivity contribution in [2.75, 3.05) is 6.54 Å². The van der Waals surface area contributed by atoms with Gasteiger partial charge in [-0.15, -0.1) is 0 Å². The molecular weight excluding hydrogens is 314 g/mol. The number of aromatic amines is 1. The van der Waals surface area contributed by atoms with Gasteiger partial charge in [0.05, 0.1) is 18.3 Å². The summed E-state index contributed by atoms with van der Waals surface area (Å²) < 4.78 is 27.3. The van der Waals surface area contributed by atoms with Crippen molar-refractivity contribution in [3.8, 4) is 0 Å². The first-order chi connectivity index (χ1) is 11.6. The van der Waals surface area contributed by atoms with Crippen molar-refractivity contribution >= 4 is 6.03 Å². The molecule has 0 bridgehead atoms. The van der Waals surface area contributed by atoms with Gasteiger partial charge in [0.15, 0.2) is 11.6 Å². The highest BCUT2D eigenvalue weighted by Gasteiger charge is 2.29. The molecule has 3 rings (SSSR count). The summed E-state index contributed by atoms with van der Waals surface area (Å²) in [5, 5.41) is 9.49. The van der Waals surface area contributed by atoms with Crippen molar-refractivity contribution < 1.29 is 13.6 Å². The van der Waals surface area contributed by atoms with Gasteiger partial charge in [-0.05, 0) is 32.3 Å². The molecule has 5 nitrogen and oxygen atoms in total. The maximum Gasteiger partial charge on any atom is 0.318 e. The van der Waals surface area contributed by atoms with Crippen molar-refractivity contribution in [1.82, 2.24) is 20.4 Å². The highest BCUT2D eigenvalue weighted by atomic mass is 19.2. The first-order valence-corrected chi connectivity index (χ1v) is 8.07. The average molecular weight is 334 g/mol. The number of aromatic nitrogens is 2. The van der Waals surface area contributed by atoms with E-state index in [0.717, 1.165) is 30.9 Å². The summed E-state index contributed by atoms with van der Waals surface area (Å²) in [6, 6.07) is 3.02. The van der Waals surface area contributed by atoms with E-state index in [2.05, 4.69) is 15.5 Å². The van der Waals surface area contributed by atoms with E-state index >= 15 is 0 Å². The van der Waals surface area contributed by atoms with Crippen molar-refractivity contribution in [3.05, 3.63) is 53.4 Å². The number of likely N-dealkylation sites (tertiary alicyclic amines) is 1. The average Bonchev–Trinajstić information content (AvgIpc) is 3.11. The molecular formula is C17H20F2N4O. The van der Waals surface area contributed by atoms with Gasteiger partial charge >= 0.3 is 6.03 Å². The van der Waals surface area contributed by atoms with Gasteiger partial charge in [-0.1, -0.05) is 12.1 Å². The van der Waals surface area contributed by atoms with Gasteiger partial charge in [-0.25, -0.2) is 13.6 Å². The minimum absolute atomic E-state index is 0.0537. The fraction of sp³-hybridized carbons (Fsp3) is 0.412. The highest BCUT2D eigenvalue weighted by molar-refractivity contribution is 5.75. The number of benzene rings is 1. The summed E-state index contributed by atoms with van der Waals surface area (Å²) in [5.41, 5.74) is 1.09. The van der Waals surface area contributed by atoms with Gasteiger partial charge in [0.1, 0.15) is 0 Å². The molecule has 0 spiro atoms. The fourth-order valence-electron chi connectivity index (χ4n) is 3.17. The molecule has 7 heteroatoms.